The van der Waals surface area contributed by atoms with E-state index in [2.05, 4.69) is 4.74 Å². The highest BCUT2D eigenvalue weighted by Crippen LogP contribution is 2.25. The summed E-state index contributed by atoms with van der Waals surface area (Å²) in [5, 5.41) is 0.405. The molecule has 3 nitrogen and oxygen atoms in total. The summed E-state index contributed by atoms with van der Waals surface area (Å²) in [6.07, 6.45) is 0.360. The fourth-order valence-electron chi connectivity index (χ4n) is 1.62. The third-order valence-electron chi connectivity index (χ3n) is 2.38. The molecule has 0 spiro atoms. The first-order valence-corrected chi connectivity index (χ1v) is 6.03. The molecular formula is C14H17ClO3. The minimum Gasteiger partial charge on any atom is -0.465 e. The standard InChI is InChI=1S/C14H17ClO3/c1-14(2,3)8-12(16)10-6-5-9(15)7-11(10)13(17)18-4/h5-7H,8H2,1-4H3. The molecule has 1 aromatic rings. The summed E-state index contributed by atoms with van der Waals surface area (Å²) in [4.78, 5) is 23.8. The monoisotopic (exact) mass is 268 g/mol. The number of ether oxygens (including phenoxy) is 1. The fraction of sp³-hybridized carbons (Fsp3) is 0.429. The Balaban J connectivity index is 3.16. The van der Waals surface area contributed by atoms with Crippen LogP contribution in [0.15, 0.2) is 18.2 Å². The van der Waals surface area contributed by atoms with E-state index < -0.39 is 5.97 Å². The van der Waals surface area contributed by atoms with E-state index in [0.717, 1.165) is 0 Å². The van der Waals surface area contributed by atoms with Crippen molar-refractivity contribution in [3.63, 3.8) is 0 Å². The smallest absolute Gasteiger partial charge is 0.338 e. The SMILES string of the molecule is COC(=O)c1cc(Cl)ccc1C(=O)CC(C)(C)C. The molecule has 0 unspecified atom stereocenters. The van der Waals surface area contributed by atoms with Crippen LogP contribution in [0, 0.1) is 5.41 Å². The Hall–Kier alpha value is -1.35. The van der Waals surface area contributed by atoms with Crippen LogP contribution < -0.4 is 0 Å². The highest BCUT2D eigenvalue weighted by molar-refractivity contribution is 6.31. The van der Waals surface area contributed by atoms with Crippen LogP contribution >= 0.6 is 11.6 Å². The van der Waals surface area contributed by atoms with Crippen molar-refractivity contribution >= 4 is 23.4 Å². The number of ketones is 1. The lowest BCUT2D eigenvalue weighted by atomic mass is 9.87. The van der Waals surface area contributed by atoms with Crippen molar-refractivity contribution in [1.82, 2.24) is 0 Å². The second kappa shape index (κ2) is 5.53. The van der Waals surface area contributed by atoms with E-state index in [1.165, 1.54) is 13.2 Å². The molecule has 0 heterocycles. The van der Waals surface area contributed by atoms with Gasteiger partial charge in [0.1, 0.15) is 0 Å². The third-order valence-corrected chi connectivity index (χ3v) is 2.61. The quantitative estimate of drug-likeness (QED) is 0.619. The predicted octanol–water partition coefficient (Wildman–Crippen LogP) is 3.75. The Bertz CT molecular complexity index is 472. The maximum Gasteiger partial charge on any atom is 0.338 e. The van der Waals surface area contributed by atoms with Gasteiger partial charge in [0.15, 0.2) is 5.78 Å². The molecule has 0 aromatic heterocycles. The summed E-state index contributed by atoms with van der Waals surface area (Å²) in [6, 6.07) is 4.63. The summed E-state index contributed by atoms with van der Waals surface area (Å²) in [6.45, 7) is 5.91. The van der Waals surface area contributed by atoms with Gasteiger partial charge < -0.3 is 4.74 Å². The van der Waals surface area contributed by atoms with Crippen molar-refractivity contribution < 1.29 is 14.3 Å². The number of hydrogen-bond acceptors (Lipinski definition) is 3. The van der Waals surface area contributed by atoms with Crippen molar-refractivity contribution in [2.45, 2.75) is 27.2 Å². The van der Waals surface area contributed by atoms with Crippen molar-refractivity contribution in [3.8, 4) is 0 Å². The number of benzene rings is 1. The first-order valence-electron chi connectivity index (χ1n) is 5.65. The number of rotatable bonds is 3. The van der Waals surface area contributed by atoms with Gasteiger partial charge in [-0.25, -0.2) is 4.79 Å². The normalized spacial score (nSPS) is 11.2. The van der Waals surface area contributed by atoms with Crippen molar-refractivity contribution in [2.75, 3.05) is 7.11 Å². The van der Waals surface area contributed by atoms with Gasteiger partial charge in [0, 0.05) is 17.0 Å². The third kappa shape index (κ3) is 3.84. The zero-order valence-corrected chi connectivity index (χ0v) is 11.8. The molecule has 0 saturated carbocycles. The average Bonchev–Trinajstić information content (AvgIpc) is 2.25. The first-order chi connectivity index (χ1) is 8.24. The van der Waals surface area contributed by atoms with Crippen LogP contribution in [0.4, 0.5) is 0 Å². The molecule has 0 aliphatic carbocycles. The highest BCUT2D eigenvalue weighted by Gasteiger charge is 2.22. The molecule has 0 saturated heterocycles. The molecule has 0 bridgehead atoms. The predicted molar refractivity (Wildman–Crippen MR) is 71.2 cm³/mol. The van der Waals surface area contributed by atoms with Gasteiger partial charge >= 0.3 is 5.97 Å². The van der Waals surface area contributed by atoms with Gasteiger partial charge in [0.05, 0.1) is 12.7 Å². The average molecular weight is 269 g/mol. The van der Waals surface area contributed by atoms with Gasteiger partial charge in [-0.1, -0.05) is 32.4 Å². The van der Waals surface area contributed by atoms with Crippen LogP contribution in [-0.2, 0) is 4.74 Å². The largest absolute Gasteiger partial charge is 0.465 e. The van der Waals surface area contributed by atoms with E-state index >= 15 is 0 Å². The van der Waals surface area contributed by atoms with Gasteiger partial charge in [0.25, 0.3) is 0 Å². The number of esters is 1. The van der Waals surface area contributed by atoms with Crippen LogP contribution in [0.3, 0.4) is 0 Å². The Labute approximate surface area is 112 Å². The van der Waals surface area contributed by atoms with Crippen LogP contribution in [0.1, 0.15) is 47.9 Å². The molecule has 0 aliphatic heterocycles. The summed E-state index contributed by atoms with van der Waals surface area (Å²) < 4.78 is 4.66. The zero-order chi connectivity index (χ0) is 13.9. The molecule has 18 heavy (non-hydrogen) atoms. The maximum atomic E-state index is 12.2. The lowest BCUT2D eigenvalue weighted by Crippen LogP contribution is -2.16. The molecule has 4 heteroatoms. The lowest BCUT2D eigenvalue weighted by molar-refractivity contribution is 0.0596. The Morgan fingerprint density at radius 1 is 1.22 bits per heavy atom. The first kappa shape index (κ1) is 14.7. The fourth-order valence-corrected chi connectivity index (χ4v) is 1.79. The number of carbonyl (C=O) groups is 2. The minimum atomic E-state index is -0.547. The molecule has 0 amide bonds. The van der Waals surface area contributed by atoms with Crippen LogP contribution in [0.2, 0.25) is 5.02 Å². The molecule has 0 aliphatic rings. The molecule has 98 valence electrons. The lowest BCUT2D eigenvalue weighted by Gasteiger charge is -2.17. The summed E-state index contributed by atoms with van der Waals surface area (Å²) in [7, 11) is 1.28. The molecule has 0 radical (unpaired) electrons. The molecule has 1 rings (SSSR count). The van der Waals surface area contributed by atoms with Crippen LogP contribution in [0.5, 0.6) is 0 Å². The Morgan fingerprint density at radius 3 is 2.33 bits per heavy atom. The summed E-state index contributed by atoms with van der Waals surface area (Å²) >= 11 is 5.84. The molecule has 0 atom stereocenters. The van der Waals surface area contributed by atoms with Crippen molar-refractivity contribution in [1.29, 1.82) is 0 Å². The van der Waals surface area contributed by atoms with Crippen LogP contribution in [0.25, 0.3) is 0 Å². The number of carbonyl (C=O) groups excluding carboxylic acids is 2. The zero-order valence-electron chi connectivity index (χ0n) is 11.0. The molecule has 0 fully saturated rings. The highest BCUT2D eigenvalue weighted by atomic mass is 35.5. The number of Topliss-reactive ketones (excluding diaryl/α,β-unsaturated/α-hetero) is 1. The Kier molecular flexibility index (Phi) is 4.52. The second-order valence-electron chi connectivity index (χ2n) is 5.34. The van der Waals surface area contributed by atoms with Gasteiger partial charge in [0.2, 0.25) is 0 Å². The Morgan fingerprint density at radius 2 is 1.83 bits per heavy atom. The number of methoxy groups -OCH3 is 1. The van der Waals surface area contributed by atoms with Gasteiger partial charge in [-0.15, -0.1) is 0 Å². The van der Waals surface area contributed by atoms with Crippen molar-refractivity contribution in [3.05, 3.63) is 34.3 Å². The van der Waals surface area contributed by atoms with E-state index in [-0.39, 0.29) is 16.8 Å². The number of halogens is 1. The maximum absolute atomic E-state index is 12.2. The summed E-state index contributed by atoms with van der Waals surface area (Å²) in [5.41, 5.74) is 0.449. The van der Waals surface area contributed by atoms with Gasteiger partial charge in [-0.05, 0) is 23.6 Å². The minimum absolute atomic E-state index is 0.0837. The van der Waals surface area contributed by atoms with Gasteiger partial charge in [-0.3, -0.25) is 4.79 Å². The summed E-state index contributed by atoms with van der Waals surface area (Å²) in [5.74, 6) is -0.630. The van der Waals surface area contributed by atoms with E-state index in [0.29, 0.717) is 17.0 Å². The van der Waals surface area contributed by atoms with E-state index in [9.17, 15) is 9.59 Å². The van der Waals surface area contributed by atoms with E-state index in [1.807, 2.05) is 20.8 Å². The van der Waals surface area contributed by atoms with Crippen LogP contribution in [-0.4, -0.2) is 18.9 Å². The molecule has 0 N–H and O–H groups in total. The van der Waals surface area contributed by atoms with E-state index in [4.69, 9.17) is 11.6 Å². The second-order valence-corrected chi connectivity index (χ2v) is 5.78. The molecule has 1 aromatic carbocycles. The van der Waals surface area contributed by atoms with Gasteiger partial charge in [-0.2, -0.15) is 0 Å². The van der Waals surface area contributed by atoms with Crippen molar-refractivity contribution in [2.24, 2.45) is 5.41 Å². The topological polar surface area (TPSA) is 43.4 Å². The van der Waals surface area contributed by atoms with E-state index in [1.54, 1.807) is 12.1 Å². The number of hydrogen-bond donors (Lipinski definition) is 0. The molecular weight excluding hydrogens is 252 g/mol.